The van der Waals surface area contributed by atoms with Crippen LogP contribution in [-0.4, -0.2) is 45.8 Å². The smallest absolute Gasteiger partial charge is 0.276 e. The van der Waals surface area contributed by atoms with Crippen LogP contribution in [0.3, 0.4) is 0 Å². The van der Waals surface area contributed by atoms with Gasteiger partial charge in [0.15, 0.2) is 5.69 Å². The van der Waals surface area contributed by atoms with Gasteiger partial charge in [0.2, 0.25) is 0 Å². The fraction of sp³-hybridized carbons (Fsp3) is 0.692. The van der Waals surface area contributed by atoms with Gasteiger partial charge in [0.05, 0.1) is 11.4 Å². The Balaban J connectivity index is 2.10. The second-order valence-electron chi connectivity index (χ2n) is 5.16. The number of H-pyrrole nitrogens is 1. The molecule has 0 saturated carbocycles. The second kappa shape index (κ2) is 6.06. The Hall–Kier alpha value is -1.56. The number of nitrogens with two attached hydrogens (primary N) is 1. The number of aliphatic hydroxyl groups excluding tert-OH is 1. The Kier molecular flexibility index (Phi) is 4.42. The highest BCUT2D eigenvalue weighted by atomic mass is 16.3. The van der Waals surface area contributed by atoms with Crippen molar-refractivity contribution in [3.8, 4) is 0 Å². The third kappa shape index (κ3) is 2.89. The van der Waals surface area contributed by atoms with Gasteiger partial charge in [0.25, 0.3) is 5.91 Å². The number of aliphatic hydroxyl groups is 1. The molecule has 1 aromatic rings. The van der Waals surface area contributed by atoms with Gasteiger partial charge in [-0.15, -0.1) is 0 Å². The van der Waals surface area contributed by atoms with Gasteiger partial charge in [0.1, 0.15) is 0 Å². The van der Waals surface area contributed by atoms with Crippen molar-refractivity contribution < 1.29 is 9.90 Å². The Morgan fingerprint density at radius 1 is 1.63 bits per heavy atom. The van der Waals surface area contributed by atoms with Crippen LogP contribution in [0.25, 0.3) is 0 Å². The van der Waals surface area contributed by atoms with E-state index in [1.165, 1.54) is 0 Å². The minimum absolute atomic E-state index is 0.126. The van der Waals surface area contributed by atoms with Crippen molar-refractivity contribution in [2.24, 2.45) is 5.92 Å². The van der Waals surface area contributed by atoms with E-state index < -0.39 is 0 Å². The lowest BCUT2D eigenvalue weighted by Crippen LogP contribution is -2.41. The zero-order valence-electron chi connectivity index (χ0n) is 11.4. The Bertz CT molecular complexity index is 444. The van der Waals surface area contributed by atoms with E-state index in [4.69, 9.17) is 5.73 Å². The van der Waals surface area contributed by atoms with Crippen molar-refractivity contribution in [3.63, 3.8) is 0 Å². The predicted molar refractivity (Wildman–Crippen MR) is 72.7 cm³/mol. The lowest BCUT2D eigenvalue weighted by atomic mass is 9.99. The first-order valence-electron chi connectivity index (χ1n) is 6.90. The summed E-state index contributed by atoms with van der Waals surface area (Å²) in [5.41, 5.74) is 7.60. The number of anilines is 1. The molecule has 6 heteroatoms. The fourth-order valence-electron chi connectivity index (χ4n) is 2.54. The van der Waals surface area contributed by atoms with Gasteiger partial charge in [-0.2, -0.15) is 5.10 Å². The monoisotopic (exact) mass is 266 g/mol. The van der Waals surface area contributed by atoms with E-state index in [9.17, 15) is 9.90 Å². The molecule has 106 valence electrons. The van der Waals surface area contributed by atoms with E-state index in [1.54, 1.807) is 4.90 Å². The minimum atomic E-state index is -0.130. The van der Waals surface area contributed by atoms with E-state index in [0.29, 0.717) is 24.5 Å². The molecule has 1 aliphatic heterocycles. The highest BCUT2D eigenvalue weighted by molar-refractivity contribution is 5.97. The first kappa shape index (κ1) is 13.9. The molecule has 1 amide bonds. The molecule has 0 spiro atoms. The van der Waals surface area contributed by atoms with Crippen LogP contribution < -0.4 is 5.73 Å². The number of nitrogens with zero attached hydrogens (tertiary/aromatic N) is 2. The van der Waals surface area contributed by atoms with Crippen molar-refractivity contribution in [1.82, 2.24) is 15.1 Å². The van der Waals surface area contributed by atoms with Crippen LogP contribution >= 0.6 is 0 Å². The highest BCUT2D eigenvalue weighted by Gasteiger charge is 2.27. The van der Waals surface area contributed by atoms with Gasteiger partial charge >= 0.3 is 0 Å². The number of hydrogen-bond acceptors (Lipinski definition) is 4. The van der Waals surface area contributed by atoms with Gasteiger partial charge in [-0.3, -0.25) is 9.89 Å². The number of carbonyl (C=O) groups is 1. The van der Waals surface area contributed by atoms with E-state index in [-0.39, 0.29) is 18.4 Å². The Morgan fingerprint density at radius 2 is 2.42 bits per heavy atom. The molecule has 0 bridgehead atoms. The largest absolute Gasteiger partial charge is 0.396 e. The second-order valence-corrected chi connectivity index (χ2v) is 5.16. The molecule has 0 aromatic carbocycles. The normalized spacial score (nSPS) is 19.7. The maximum atomic E-state index is 12.4. The van der Waals surface area contributed by atoms with Crippen LogP contribution in [0.2, 0.25) is 0 Å². The zero-order valence-corrected chi connectivity index (χ0v) is 11.4. The summed E-state index contributed by atoms with van der Waals surface area (Å²) in [6, 6.07) is 0. The number of aryl methyl sites for hydroxylation is 1. The topological polar surface area (TPSA) is 95.2 Å². The minimum Gasteiger partial charge on any atom is -0.396 e. The van der Waals surface area contributed by atoms with Gasteiger partial charge in [0, 0.05) is 19.7 Å². The molecule has 1 fully saturated rings. The maximum absolute atomic E-state index is 12.4. The summed E-state index contributed by atoms with van der Waals surface area (Å²) in [7, 11) is 0. The first-order chi connectivity index (χ1) is 9.17. The lowest BCUT2D eigenvalue weighted by Gasteiger charge is -2.31. The third-order valence-corrected chi connectivity index (χ3v) is 3.65. The number of aromatic nitrogens is 2. The molecule has 1 unspecified atom stereocenters. The van der Waals surface area contributed by atoms with Gasteiger partial charge in [-0.1, -0.05) is 13.3 Å². The predicted octanol–water partition coefficient (Wildman–Crippen LogP) is 0.789. The molecule has 1 aromatic heterocycles. The first-order valence-corrected chi connectivity index (χ1v) is 6.90. The average Bonchev–Trinajstić information content (AvgIpc) is 2.80. The average molecular weight is 266 g/mol. The van der Waals surface area contributed by atoms with E-state index in [1.807, 2.05) is 0 Å². The van der Waals surface area contributed by atoms with E-state index in [0.717, 1.165) is 31.4 Å². The van der Waals surface area contributed by atoms with Crippen molar-refractivity contribution in [2.75, 3.05) is 25.4 Å². The van der Waals surface area contributed by atoms with Crippen molar-refractivity contribution in [3.05, 3.63) is 11.4 Å². The van der Waals surface area contributed by atoms with Crippen LogP contribution in [0.5, 0.6) is 0 Å². The summed E-state index contributed by atoms with van der Waals surface area (Å²) < 4.78 is 0. The molecule has 4 N–H and O–H groups in total. The van der Waals surface area contributed by atoms with Gasteiger partial charge < -0.3 is 15.7 Å². The van der Waals surface area contributed by atoms with E-state index in [2.05, 4.69) is 17.1 Å². The van der Waals surface area contributed by atoms with Crippen LogP contribution in [-0.2, 0) is 6.42 Å². The molecule has 1 atom stereocenters. The molecule has 2 rings (SSSR count). The number of likely N-dealkylation sites (tertiary alicyclic amines) is 1. The molecule has 1 saturated heterocycles. The SMILES string of the molecule is CCCc1[nH]nc(C(=O)N2CCCC(CO)C2)c1N. The maximum Gasteiger partial charge on any atom is 0.276 e. The number of rotatable bonds is 4. The summed E-state index contributed by atoms with van der Waals surface area (Å²) in [5.74, 6) is 0.0437. The summed E-state index contributed by atoms with van der Waals surface area (Å²) >= 11 is 0. The molecule has 0 radical (unpaired) electrons. The number of carbonyl (C=O) groups excluding carboxylic acids is 1. The molecular formula is C13H22N4O2. The quantitative estimate of drug-likeness (QED) is 0.750. The van der Waals surface area contributed by atoms with Gasteiger partial charge in [-0.25, -0.2) is 0 Å². The Morgan fingerprint density at radius 3 is 3.11 bits per heavy atom. The number of amides is 1. The number of aromatic amines is 1. The summed E-state index contributed by atoms with van der Waals surface area (Å²) in [5, 5.41) is 16.1. The fourth-order valence-corrected chi connectivity index (χ4v) is 2.54. The molecular weight excluding hydrogens is 244 g/mol. The lowest BCUT2D eigenvalue weighted by molar-refractivity contribution is 0.0616. The number of hydrogen-bond donors (Lipinski definition) is 3. The summed E-state index contributed by atoms with van der Waals surface area (Å²) in [6.07, 6.45) is 3.64. The number of nitrogens with one attached hydrogen (secondary N) is 1. The molecule has 19 heavy (non-hydrogen) atoms. The molecule has 2 heterocycles. The highest BCUT2D eigenvalue weighted by Crippen LogP contribution is 2.21. The number of piperidine rings is 1. The molecule has 0 aliphatic carbocycles. The third-order valence-electron chi connectivity index (χ3n) is 3.65. The zero-order chi connectivity index (χ0) is 13.8. The van der Waals surface area contributed by atoms with Crippen LogP contribution in [0, 0.1) is 5.92 Å². The van der Waals surface area contributed by atoms with Crippen LogP contribution in [0.1, 0.15) is 42.4 Å². The van der Waals surface area contributed by atoms with E-state index >= 15 is 0 Å². The summed E-state index contributed by atoms with van der Waals surface area (Å²) in [4.78, 5) is 14.1. The molecule has 1 aliphatic rings. The summed E-state index contributed by atoms with van der Waals surface area (Å²) in [6.45, 7) is 3.48. The van der Waals surface area contributed by atoms with Crippen molar-refractivity contribution in [1.29, 1.82) is 0 Å². The van der Waals surface area contributed by atoms with Crippen molar-refractivity contribution in [2.45, 2.75) is 32.6 Å². The Labute approximate surface area is 113 Å². The van der Waals surface area contributed by atoms with Crippen LogP contribution in [0.4, 0.5) is 5.69 Å². The standard InChI is InChI=1S/C13H22N4O2/c1-2-4-10-11(14)12(16-15-10)13(19)17-6-3-5-9(7-17)8-18/h9,18H,2-8,14H2,1H3,(H,15,16). The van der Waals surface area contributed by atoms with Crippen molar-refractivity contribution >= 4 is 11.6 Å². The number of nitrogen functional groups attached to an aromatic ring is 1. The van der Waals surface area contributed by atoms with Gasteiger partial charge in [-0.05, 0) is 25.2 Å². The van der Waals surface area contributed by atoms with Crippen LogP contribution in [0.15, 0.2) is 0 Å². The molecule has 6 nitrogen and oxygen atoms in total.